The fourth-order valence-electron chi connectivity index (χ4n) is 2.46. The molecular formula is C16H18N2O3S. The van der Waals surface area contributed by atoms with Gasteiger partial charge >= 0.3 is 0 Å². The first kappa shape index (κ1) is 15.1. The van der Waals surface area contributed by atoms with E-state index in [1.807, 2.05) is 30.3 Å². The Hall–Kier alpha value is -1.76. The molecule has 1 aromatic heterocycles. The van der Waals surface area contributed by atoms with E-state index in [-0.39, 0.29) is 18.6 Å². The van der Waals surface area contributed by atoms with Crippen LogP contribution in [0.4, 0.5) is 0 Å². The summed E-state index contributed by atoms with van der Waals surface area (Å²) < 4.78 is 5.58. The van der Waals surface area contributed by atoms with Crippen LogP contribution in [0.25, 0.3) is 0 Å². The number of thiazole rings is 1. The average molecular weight is 318 g/mol. The molecule has 1 fully saturated rings. The molecule has 1 aliphatic heterocycles. The predicted octanol–water partition coefficient (Wildman–Crippen LogP) is 2.46. The SMILES string of the molecule is O=C(N[C@@H](CO)c1ccccc1)c1cnc([C@@H]2CCCO2)s1. The fraction of sp³-hybridized carbons (Fsp3) is 0.375. The van der Waals surface area contributed by atoms with Gasteiger partial charge in [0.2, 0.25) is 0 Å². The number of rotatable bonds is 5. The van der Waals surface area contributed by atoms with E-state index in [4.69, 9.17) is 4.74 Å². The topological polar surface area (TPSA) is 71.5 Å². The van der Waals surface area contributed by atoms with Gasteiger partial charge in [0.15, 0.2) is 0 Å². The van der Waals surface area contributed by atoms with Crippen LogP contribution in [0.1, 0.15) is 45.2 Å². The van der Waals surface area contributed by atoms with Gasteiger partial charge in [-0.15, -0.1) is 11.3 Å². The molecule has 1 aromatic carbocycles. The molecule has 2 aromatic rings. The Morgan fingerprint density at radius 3 is 2.95 bits per heavy atom. The summed E-state index contributed by atoms with van der Waals surface area (Å²) in [6.45, 7) is 0.611. The zero-order valence-corrected chi connectivity index (χ0v) is 12.9. The second-order valence-corrected chi connectivity index (χ2v) is 6.25. The molecule has 2 heterocycles. The number of aliphatic hydroxyl groups excluding tert-OH is 1. The predicted molar refractivity (Wildman–Crippen MR) is 83.8 cm³/mol. The molecule has 6 heteroatoms. The molecule has 2 atom stereocenters. The molecule has 116 valence electrons. The number of aromatic nitrogens is 1. The average Bonchev–Trinajstić information content (AvgIpc) is 3.23. The Bertz CT molecular complexity index is 623. The first-order valence-electron chi connectivity index (χ1n) is 7.32. The van der Waals surface area contributed by atoms with Gasteiger partial charge in [-0.25, -0.2) is 4.98 Å². The van der Waals surface area contributed by atoms with Crippen molar-refractivity contribution >= 4 is 17.2 Å². The number of ether oxygens (including phenoxy) is 1. The van der Waals surface area contributed by atoms with Gasteiger partial charge in [-0.2, -0.15) is 0 Å². The highest BCUT2D eigenvalue weighted by Crippen LogP contribution is 2.31. The van der Waals surface area contributed by atoms with E-state index in [0.717, 1.165) is 30.0 Å². The van der Waals surface area contributed by atoms with E-state index in [1.165, 1.54) is 11.3 Å². The van der Waals surface area contributed by atoms with Crippen LogP contribution >= 0.6 is 11.3 Å². The molecule has 0 spiro atoms. The molecule has 0 saturated carbocycles. The maximum absolute atomic E-state index is 12.3. The minimum atomic E-state index is -0.415. The van der Waals surface area contributed by atoms with Crippen molar-refractivity contribution < 1.29 is 14.6 Å². The Kier molecular flexibility index (Phi) is 4.82. The lowest BCUT2D eigenvalue weighted by atomic mass is 10.1. The fourth-order valence-corrected chi connectivity index (χ4v) is 3.37. The van der Waals surface area contributed by atoms with Gasteiger partial charge < -0.3 is 15.2 Å². The zero-order valence-electron chi connectivity index (χ0n) is 12.1. The van der Waals surface area contributed by atoms with Crippen LogP contribution in [0, 0.1) is 0 Å². The normalized spacial score (nSPS) is 19.0. The quantitative estimate of drug-likeness (QED) is 0.888. The highest BCUT2D eigenvalue weighted by atomic mass is 32.1. The number of hydrogen-bond donors (Lipinski definition) is 2. The third kappa shape index (κ3) is 3.35. The second kappa shape index (κ2) is 7.00. The molecule has 0 unspecified atom stereocenters. The molecule has 1 aliphatic rings. The number of amides is 1. The van der Waals surface area contributed by atoms with Gasteiger partial charge in [-0.05, 0) is 18.4 Å². The van der Waals surface area contributed by atoms with Gasteiger partial charge in [0.25, 0.3) is 5.91 Å². The Labute approximate surface area is 133 Å². The van der Waals surface area contributed by atoms with Crippen molar-refractivity contribution in [1.82, 2.24) is 10.3 Å². The summed E-state index contributed by atoms with van der Waals surface area (Å²) in [4.78, 5) is 17.2. The molecule has 2 N–H and O–H groups in total. The maximum Gasteiger partial charge on any atom is 0.263 e. The minimum Gasteiger partial charge on any atom is -0.394 e. The molecule has 22 heavy (non-hydrogen) atoms. The van der Waals surface area contributed by atoms with Crippen molar-refractivity contribution in [1.29, 1.82) is 0 Å². The first-order chi connectivity index (χ1) is 10.8. The summed E-state index contributed by atoms with van der Waals surface area (Å²) in [6.07, 6.45) is 3.59. The summed E-state index contributed by atoms with van der Waals surface area (Å²) in [5, 5.41) is 13.2. The van der Waals surface area contributed by atoms with Crippen molar-refractivity contribution in [3.05, 3.63) is 52.0 Å². The van der Waals surface area contributed by atoms with Crippen LogP contribution in [0.2, 0.25) is 0 Å². The maximum atomic E-state index is 12.3. The molecule has 1 amide bonds. The van der Waals surface area contributed by atoms with Crippen molar-refractivity contribution in [3.8, 4) is 0 Å². The first-order valence-corrected chi connectivity index (χ1v) is 8.13. The van der Waals surface area contributed by atoms with Crippen LogP contribution in [0.15, 0.2) is 36.5 Å². The highest BCUT2D eigenvalue weighted by Gasteiger charge is 2.23. The van der Waals surface area contributed by atoms with E-state index in [1.54, 1.807) is 6.20 Å². The minimum absolute atomic E-state index is 0.0225. The second-order valence-electron chi connectivity index (χ2n) is 5.18. The Morgan fingerprint density at radius 1 is 1.45 bits per heavy atom. The van der Waals surface area contributed by atoms with Gasteiger partial charge in [0.1, 0.15) is 16.0 Å². The van der Waals surface area contributed by atoms with Gasteiger partial charge in [-0.3, -0.25) is 4.79 Å². The number of aliphatic hydroxyl groups is 1. The smallest absolute Gasteiger partial charge is 0.263 e. The summed E-state index contributed by atoms with van der Waals surface area (Å²) in [7, 11) is 0. The lowest BCUT2D eigenvalue weighted by molar-refractivity contribution is 0.0920. The summed E-state index contributed by atoms with van der Waals surface area (Å²) in [6, 6.07) is 9.01. The molecule has 3 rings (SSSR count). The van der Waals surface area contributed by atoms with Gasteiger partial charge in [0, 0.05) is 6.61 Å². The molecular weight excluding hydrogens is 300 g/mol. The number of nitrogens with zero attached hydrogens (tertiary/aromatic N) is 1. The lowest BCUT2D eigenvalue weighted by Crippen LogP contribution is -2.30. The molecule has 0 bridgehead atoms. The standard InChI is InChI=1S/C16H18N2O3S/c19-10-12(11-5-2-1-3-6-11)18-15(20)14-9-17-16(22-14)13-7-4-8-21-13/h1-3,5-6,9,12-13,19H,4,7-8,10H2,(H,18,20)/t12-,13-/m0/s1. The summed E-state index contributed by atoms with van der Waals surface area (Å²) in [5.74, 6) is -0.218. The van der Waals surface area contributed by atoms with Crippen LogP contribution in [-0.4, -0.2) is 29.2 Å². The van der Waals surface area contributed by atoms with Crippen molar-refractivity contribution in [2.24, 2.45) is 0 Å². The number of carbonyl (C=O) groups excluding carboxylic acids is 1. The van der Waals surface area contributed by atoms with E-state index in [9.17, 15) is 9.90 Å². The molecule has 0 radical (unpaired) electrons. The van der Waals surface area contributed by atoms with Crippen LogP contribution in [-0.2, 0) is 4.74 Å². The lowest BCUT2D eigenvalue weighted by Gasteiger charge is -2.15. The molecule has 1 saturated heterocycles. The molecule has 5 nitrogen and oxygen atoms in total. The van der Waals surface area contributed by atoms with E-state index < -0.39 is 6.04 Å². The third-order valence-electron chi connectivity index (χ3n) is 3.64. The van der Waals surface area contributed by atoms with Crippen molar-refractivity contribution in [2.45, 2.75) is 25.0 Å². The van der Waals surface area contributed by atoms with Gasteiger partial charge in [0.05, 0.1) is 18.8 Å². The van der Waals surface area contributed by atoms with E-state index in [2.05, 4.69) is 10.3 Å². The number of hydrogen-bond acceptors (Lipinski definition) is 5. The van der Waals surface area contributed by atoms with Crippen LogP contribution in [0.3, 0.4) is 0 Å². The monoisotopic (exact) mass is 318 g/mol. The van der Waals surface area contributed by atoms with E-state index >= 15 is 0 Å². The van der Waals surface area contributed by atoms with Crippen molar-refractivity contribution in [3.63, 3.8) is 0 Å². The number of nitrogens with one attached hydrogen (secondary N) is 1. The van der Waals surface area contributed by atoms with Crippen LogP contribution < -0.4 is 5.32 Å². The van der Waals surface area contributed by atoms with Crippen LogP contribution in [0.5, 0.6) is 0 Å². The highest BCUT2D eigenvalue weighted by molar-refractivity contribution is 7.13. The zero-order chi connectivity index (χ0) is 15.4. The number of carbonyl (C=O) groups is 1. The Balaban J connectivity index is 1.68. The largest absolute Gasteiger partial charge is 0.394 e. The van der Waals surface area contributed by atoms with Crippen molar-refractivity contribution in [2.75, 3.05) is 13.2 Å². The van der Waals surface area contributed by atoms with E-state index in [0.29, 0.717) is 4.88 Å². The summed E-state index contributed by atoms with van der Waals surface area (Å²) in [5.41, 5.74) is 0.877. The molecule has 0 aliphatic carbocycles. The third-order valence-corrected chi connectivity index (χ3v) is 4.73. The van der Waals surface area contributed by atoms with Gasteiger partial charge in [-0.1, -0.05) is 30.3 Å². The Morgan fingerprint density at radius 2 is 2.27 bits per heavy atom. The summed E-state index contributed by atoms with van der Waals surface area (Å²) >= 11 is 1.36. The number of benzene rings is 1.